The highest BCUT2D eigenvalue weighted by atomic mass is 19.1. The third-order valence-corrected chi connectivity index (χ3v) is 9.93. The molecule has 0 aromatic carbocycles. The van der Waals surface area contributed by atoms with Gasteiger partial charge in [-0.05, 0) is 83.8 Å². The minimum Gasteiger partial charge on any atom is -0.465 e. The number of halogens is 1. The zero-order chi connectivity index (χ0) is 36.0. The number of carbonyl (C=O) groups excluding carboxylic acids is 2. The van der Waals surface area contributed by atoms with Crippen molar-refractivity contribution in [1.29, 1.82) is 0 Å². The molecule has 1 N–H and O–H groups in total. The van der Waals surface area contributed by atoms with E-state index in [9.17, 15) is 19.1 Å². The predicted molar refractivity (Wildman–Crippen MR) is 205 cm³/mol. The summed E-state index contributed by atoms with van der Waals surface area (Å²) in [6.45, 7) is 10.8. The van der Waals surface area contributed by atoms with Crippen LogP contribution in [0.15, 0.2) is 0 Å². The summed E-state index contributed by atoms with van der Waals surface area (Å²) >= 11 is 0. The number of hydrogen-bond acceptors (Lipinski definition) is 6. The van der Waals surface area contributed by atoms with E-state index in [1.807, 2.05) is 6.92 Å². The molecule has 0 aromatic heterocycles. The molecule has 7 heteroatoms. The standard InChI is InChI=1S/C42H82FNO5/c1-4-6-8-9-11-18-27-37-48-41(46)39(3)29-20-14-17-24-34-44(35-25-26-36-45)33-23-16-10-12-19-28-38-49-42(47)40(30-7-5-2)31-21-13-15-22-32-43/h39-40,45H,4-38H2,1-3H3. The zero-order valence-corrected chi connectivity index (χ0v) is 32.8. The Morgan fingerprint density at radius 2 is 0.959 bits per heavy atom. The maximum absolute atomic E-state index is 12.6. The summed E-state index contributed by atoms with van der Waals surface area (Å²) in [6, 6.07) is 0. The molecule has 2 unspecified atom stereocenters. The lowest BCUT2D eigenvalue weighted by molar-refractivity contribution is -0.149. The highest BCUT2D eigenvalue weighted by molar-refractivity contribution is 5.72. The Kier molecular flexibility index (Phi) is 37.1. The third-order valence-electron chi connectivity index (χ3n) is 9.93. The van der Waals surface area contributed by atoms with E-state index < -0.39 is 0 Å². The van der Waals surface area contributed by atoms with Gasteiger partial charge in [0.05, 0.1) is 31.7 Å². The number of esters is 2. The first kappa shape index (κ1) is 47.8. The van der Waals surface area contributed by atoms with Gasteiger partial charge in [-0.2, -0.15) is 0 Å². The highest BCUT2D eigenvalue weighted by Gasteiger charge is 2.19. The Labute approximate surface area is 303 Å². The van der Waals surface area contributed by atoms with E-state index in [2.05, 4.69) is 18.7 Å². The van der Waals surface area contributed by atoms with Gasteiger partial charge < -0.3 is 19.5 Å². The second-order valence-electron chi connectivity index (χ2n) is 14.7. The molecule has 0 aliphatic carbocycles. The summed E-state index contributed by atoms with van der Waals surface area (Å²) in [6.07, 6.45) is 30.4. The van der Waals surface area contributed by atoms with Crippen molar-refractivity contribution in [2.24, 2.45) is 11.8 Å². The van der Waals surface area contributed by atoms with E-state index in [0.717, 1.165) is 122 Å². The molecule has 0 aromatic rings. The minimum absolute atomic E-state index is 0.00206. The Balaban J connectivity index is 4.00. The number of alkyl halides is 1. The minimum atomic E-state index is -0.242. The van der Waals surface area contributed by atoms with Crippen LogP contribution >= 0.6 is 0 Å². The average Bonchev–Trinajstić information content (AvgIpc) is 3.10. The smallest absolute Gasteiger partial charge is 0.308 e. The average molecular weight is 700 g/mol. The van der Waals surface area contributed by atoms with Crippen LogP contribution in [0.25, 0.3) is 0 Å². The van der Waals surface area contributed by atoms with Crippen LogP contribution in [0, 0.1) is 11.8 Å². The molecule has 0 fully saturated rings. The fourth-order valence-electron chi connectivity index (χ4n) is 6.52. The van der Waals surface area contributed by atoms with Crippen LogP contribution in [-0.4, -0.2) is 68.1 Å². The van der Waals surface area contributed by atoms with Crippen molar-refractivity contribution < 1.29 is 28.6 Å². The number of rotatable bonds is 39. The first-order chi connectivity index (χ1) is 24.0. The van der Waals surface area contributed by atoms with Crippen LogP contribution < -0.4 is 0 Å². The van der Waals surface area contributed by atoms with Crippen LogP contribution in [-0.2, 0) is 19.1 Å². The first-order valence-electron chi connectivity index (χ1n) is 21.2. The largest absolute Gasteiger partial charge is 0.465 e. The van der Waals surface area contributed by atoms with Gasteiger partial charge in [-0.25, -0.2) is 0 Å². The Morgan fingerprint density at radius 1 is 0.531 bits per heavy atom. The second kappa shape index (κ2) is 38.0. The van der Waals surface area contributed by atoms with Gasteiger partial charge in [0.25, 0.3) is 0 Å². The summed E-state index contributed by atoms with van der Waals surface area (Å²) in [4.78, 5) is 27.5. The van der Waals surface area contributed by atoms with Crippen molar-refractivity contribution in [3.05, 3.63) is 0 Å². The molecule has 0 aliphatic rings. The van der Waals surface area contributed by atoms with Gasteiger partial charge in [-0.1, -0.05) is 136 Å². The number of aliphatic hydroxyl groups is 1. The molecule has 0 amide bonds. The summed E-state index contributed by atoms with van der Waals surface area (Å²) in [5.41, 5.74) is 0. The fraction of sp³-hybridized carbons (Fsp3) is 0.952. The SMILES string of the molecule is CCCCCCCCCOC(=O)C(C)CCCCCCN(CCCCO)CCCCCCCCOC(=O)C(CCCC)CCCCCCF. The van der Waals surface area contributed by atoms with Gasteiger partial charge in [-0.3, -0.25) is 14.0 Å². The number of aliphatic hydroxyl groups excluding tert-OH is 1. The molecule has 0 rings (SSSR count). The molecule has 2 atom stereocenters. The summed E-state index contributed by atoms with van der Waals surface area (Å²) < 4.78 is 23.5. The van der Waals surface area contributed by atoms with Crippen molar-refractivity contribution in [1.82, 2.24) is 4.90 Å². The molecular formula is C42H82FNO5. The zero-order valence-electron chi connectivity index (χ0n) is 32.8. The molecule has 0 radical (unpaired) electrons. The fourth-order valence-corrected chi connectivity index (χ4v) is 6.52. The van der Waals surface area contributed by atoms with Crippen molar-refractivity contribution in [3.63, 3.8) is 0 Å². The summed E-state index contributed by atoms with van der Waals surface area (Å²) in [7, 11) is 0. The topological polar surface area (TPSA) is 76.1 Å². The maximum atomic E-state index is 12.6. The Hall–Kier alpha value is -1.21. The molecule has 0 aliphatic heterocycles. The molecular weight excluding hydrogens is 617 g/mol. The highest BCUT2D eigenvalue weighted by Crippen LogP contribution is 2.20. The molecule has 0 spiro atoms. The Morgan fingerprint density at radius 3 is 1.51 bits per heavy atom. The van der Waals surface area contributed by atoms with E-state index in [-0.39, 0.29) is 37.1 Å². The molecule has 0 bridgehead atoms. The number of hydrogen-bond donors (Lipinski definition) is 1. The lowest BCUT2D eigenvalue weighted by atomic mass is 9.95. The van der Waals surface area contributed by atoms with E-state index in [1.165, 1.54) is 70.6 Å². The molecule has 0 heterocycles. The number of carbonyl (C=O) groups is 2. The number of unbranched alkanes of at least 4 members (excludes halogenated alkanes) is 19. The third kappa shape index (κ3) is 32.4. The van der Waals surface area contributed by atoms with Crippen LogP contribution in [0.2, 0.25) is 0 Å². The van der Waals surface area contributed by atoms with Crippen molar-refractivity contribution >= 4 is 11.9 Å². The molecule has 0 saturated carbocycles. The normalized spacial score (nSPS) is 12.8. The Bertz CT molecular complexity index is 709. The summed E-state index contributed by atoms with van der Waals surface area (Å²) in [5.74, 6) is -0.0405. The van der Waals surface area contributed by atoms with Gasteiger partial charge in [-0.15, -0.1) is 0 Å². The maximum Gasteiger partial charge on any atom is 0.308 e. The van der Waals surface area contributed by atoms with Gasteiger partial charge in [0, 0.05) is 6.61 Å². The summed E-state index contributed by atoms with van der Waals surface area (Å²) in [5, 5.41) is 9.24. The first-order valence-corrected chi connectivity index (χ1v) is 21.2. The lowest BCUT2D eigenvalue weighted by Gasteiger charge is -2.22. The number of nitrogens with zero attached hydrogens (tertiary/aromatic N) is 1. The second-order valence-corrected chi connectivity index (χ2v) is 14.7. The van der Waals surface area contributed by atoms with Gasteiger partial charge in [0.2, 0.25) is 0 Å². The van der Waals surface area contributed by atoms with Crippen LogP contribution in [0.4, 0.5) is 4.39 Å². The van der Waals surface area contributed by atoms with E-state index in [0.29, 0.717) is 19.6 Å². The lowest BCUT2D eigenvalue weighted by Crippen LogP contribution is -2.27. The van der Waals surface area contributed by atoms with E-state index in [1.54, 1.807) is 0 Å². The van der Waals surface area contributed by atoms with Crippen LogP contribution in [0.5, 0.6) is 0 Å². The quantitative estimate of drug-likeness (QED) is 0.0508. The molecule has 0 saturated heterocycles. The molecule has 292 valence electrons. The van der Waals surface area contributed by atoms with Gasteiger partial charge in [0.15, 0.2) is 0 Å². The van der Waals surface area contributed by atoms with Crippen molar-refractivity contribution in [2.45, 2.75) is 201 Å². The van der Waals surface area contributed by atoms with E-state index >= 15 is 0 Å². The molecule has 6 nitrogen and oxygen atoms in total. The van der Waals surface area contributed by atoms with Crippen molar-refractivity contribution in [3.8, 4) is 0 Å². The van der Waals surface area contributed by atoms with Crippen molar-refractivity contribution in [2.75, 3.05) is 46.1 Å². The van der Waals surface area contributed by atoms with Gasteiger partial charge >= 0.3 is 11.9 Å². The predicted octanol–water partition coefficient (Wildman–Crippen LogP) is 11.6. The van der Waals surface area contributed by atoms with Gasteiger partial charge in [0.1, 0.15) is 0 Å². The number of ether oxygens (including phenoxy) is 2. The van der Waals surface area contributed by atoms with Crippen LogP contribution in [0.1, 0.15) is 201 Å². The monoisotopic (exact) mass is 700 g/mol. The molecule has 49 heavy (non-hydrogen) atoms. The van der Waals surface area contributed by atoms with Crippen LogP contribution in [0.3, 0.4) is 0 Å². The van der Waals surface area contributed by atoms with E-state index in [4.69, 9.17) is 9.47 Å².